The summed E-state index contributed by atoms with van der Waals surface area (Å²) in [7, 11) is 4.30. The lowest BCUT2D eigenvalue weighted by Gasteiger charge is -2.25. The van der Waals surface area contributed by atoms with Gasteiger partial charge in [0.05, 0.1) is 10.6 Å². The van der Waals surface area contributed by atoms with Gasteiger partial charge in [0.25, 0.3) is 0 Å². The molecule has 102 valence electrons. The van der Waals surface area contributed by atoms with Crippen LogP contribution >= 0.6 is 11.6 Å². The van der Waals surface area contributed by atoms with Crippen LogP contribution in [0.3, 0.4) is 0 Å². The maximum Gasteiger partial charge on any atom is 0.101 e. The highest BCUT2D eigenvalue weighted by atomic mass is 35.5. The van der Waals surface area contributed by atoms with Crippen molar-refractivity contribution in [2.45, 2.75) is 25.3 Å². The predicted octanol–water partition coefficient (Wildman–Crippen LogP) is 3.13. The summed E-state index contributed by atoms with van der Waals surface area (Å²) in [4.78, 5) is 4.69. The lowest BCUT2D eigenvalue weighted by atomic mass is 10.1. The molecule has 0 radical (unpaired) electrons. The van der Waals surface area contributed by atoms with E-state index < -0.39 is 0 Å². The number of hydrogen-bond donors (Lipinski definition) is 0. The Bertz CT molecular complexity index is 479. The zero-order chi connectivity index (χ0) is 13.8. The van der Waals surface area contributed by atoms with E-state index in [0.717, 1.165) is 18.8 Å². The molecule has 0 spiro atoms. The fourth-order valence-electron chi connectivity index (χ4n) is 2.64. The summed E-state index contributed by atoms with van der Waals surface area (Å²) in [5.41, 5.74) is 1.68. The number of nitriles is 1. The molecule has 1 atom stereocenters. The molecule has 1 aromatic rings. The standard InChI is InChI=1S/C15H20ClN3/c1-18(2)13-4-3-8-19(9-7-13)14-6-5-12(11-17)15(16)10-14/h5-6,10,13H,3-4,7-9H2,1-2H3/t13-/m0/s1. The topological polar surface area (TPSA) is 30.3 Å². The maximum atomic E-state index is 8.91. The van der Waals surface area contributed by atoms with Crippen LogP contribution in [0.25, 0.3) is 0 Å². The van der Waals surface area contributed by atoms with Gasteiger partial charge in [-0.3, -0.25) is 0 Å². The van der Waals surface area contributed by atoms with E-state index in [0.29, 0.717) is 16.6 Å². The Morgan fingerprint density at radius 2 is 2.11 bits per heavy atom. The van der Waals surface area contributed by atoms with E-state index >= 15 is 0 Å². The van der Waals surface area contributed by atoms with E-state index in [1.165, 1.54) is 19.3 Å². The van der Waals surface area contributed by atoms with Gasteiger partial charge in [-0.2, -0.15) is 5.26 Å². The molecule has 0 unspecified atom stereocenters. The first-order chi connectivity index (χ1) is 9.11. The fourth-order valence-corrected chi connectivity index (χ4v) is 2.86. The second-order valence-electron chi connectivity index (χ2n) is 5.31. The van der Waals surface area contributed by atoms with Crippen LogP contribution in [0.4, 0.5) is 5.69 Å². The number of benzene rings is 1. The lowest BCUT2D eigenvalue weighted by Crippen LogP contribution is -2.30. The highest BCUT2D eigenvalue weighted by Gasteiger charge is 2.19. The van der Waals surface area contributed by atoms with Crippen molar-refractivity contribution in [1.82, 2.24) is 4.90 Å². The van der Waals surface area contributed by atoms with Crippen LogP contribution in [0.15, 0.2) is 18.2 Å². The molecule has 3 nitrogen and oxygen atoms in total. The zero-order valence-corrected chi connectivity index (χ0v) is 12.3. The summed E-state index contributed by atoms with van der Waals surface area (Å²) < 4.78 is 0. The Morgan fingerprint density at radius 1 is 1.32 bits per heavy atom. The van der Waals surface area contributed by atoms with Crippen molar-refractivity contribution >= 4 is 17.3 Å². The van der Waals surface area contributed by atoms with E-state index in [1.54, 1.807) is 0 Å². The highest BCUT2D eigenvalue weighted by molar-refractivity contribution is 6.32. The zero-order valence-electron chi connectivity index (χ0n) is 11.6. The summed E-state index contributed by atoms with van der Waals surface area (Å²) in [6.45, 7) is 2.11. The molecule has 4 heteroatoms. The summed E-state index contributed by atoms with van der Waals surface area (Å²) in [6, 6.07) is 8.49. The predicted molar refractivity (Wildman–Crippen MR) is 79.7 cm³/mol. The molecule has 1 fully saturated rings. The van der Waals surface area contributed by atoms with Crippen LogP contribution in [0.2, 0.25) is 5.02 Å². The van der Waals surface area contributed by atoms with Crippen molar-refractivity contribution in [3.8, 4) is 6.07 Å². The van der Waals surface area contributed by atoms with Crippen LogP contribution in [-0.2, 0) is 0 Å². The largest absolute Gasteiger partial charge is 0.371 e. The lowest BCUT2D eigenvalue weighted by molar-refractivity contribution is 0.272. The Labute approximate surface area is 120 Å². The molecule has 1 aliphatic rings. The molecule has 1 aliphatic heterocycles. The van der Waals surface area contributed by atoms with Crippen molar-refractivity contribution in [2.75, 3.05) is 32.1 Å². The van der Waals surface area contributed by atoms with Gasteiger partial charge in [0.15, 0.2) is 0 Å². The molecule has 0 saturated carbocycles. The first-order valence-corrected chi connectivity index (χ1v) is 7.10. The molecular formula is C15H20ClN3. The minimum absolute atomic E-state index is 0.548. The average Bonchev–Trinajstić information content (AvgIpc) is 2.64. The summed E-state index contributed by atoms with van der Waals surface area (Å²) in [5, 5.41) is 9.46. The second kappa shape index (κ2) is 6.27. The van der Waals surface area contributed by atoms with E-state index in [2.05, 4.69) is 30.0 Å². The first-order valence-electron chi connectivity index (χ1n) is 6.73. The van der Waals surface area contributed by atoms with Gasteiger partial charge in [-0.05, 0) is 51.6 Å². The summed E-state index contributed by atoms with van der Waals surface area (Å²) in [5.74, 6) is 0. The fraction of sp³-hybridized carbons (Fsp3) is 0.533. The van der Waals surface area contributed by atoms with Crippen LogP contribution in [-0.4, -0.2) is 38.1 Å². The van der Waals surface area contributed by atoms with E-state index in [9.17, 15) is 0 Å². The molecule has 19 heavy (non-hydrogen) atoms. The van der Waals surface area contributed by atoms with E-state index in [-0.39, 0.29) is 0 Å². The van der Waals surface area contributed by atoms with Crippen LogP contribution in [0.1, 0.15) is 24.8 Å². The van der Waals surface area contributed by atoms with Gasteiger partial charge in [-0.15, -0.1) is 0 Å². The van der Waals surface area contributed by atoms with E-state index in [1.807, 2.05) is 18.2 Å². The monoisotopic (exact) mass is 277 g/mol. The third-order valence-electron chi connectivity index (χ3n) is 3.87. The molecule has 0 aliphatic carbocycles. The Morgan fingerprint density at radius 3 is 2.74 bits per heavy atom. The van der Waals surface area contributed by atoms with Crippen LogP contribution in [0.5, 0.6) is 0 Å². The number of hydrogen-bond acceptors (Lipinski definition) is 3. The Balaban J connectivity index is 2.10. The normalized spacial score (nSPS) is 20.2. The molecule has 1 aromatic carbocycles. The van der Waals surface area contributed by atoms with Gasteiger partial charge in [-0.25, -0.2) is 0 Å². The number of rotatable bonds is 2. The van der Waals surface area contributed by atoms with E-state index in [4.69, 9.17) is 16.9 Å². The van der Waals surface area contributed by atoms with Crippen LogP contribution in [0, 0.1) is 11.3 Å². The molecular weight excluding hydrogens is 258 g/mol. The van der Waals surface area contributed by atoms with Gasteiger partial charge in [0, 0.05) is 24.8 Å². The third-order valence-corrected chi connectivity index (χ3v) is 4.18. The van der Waals surface area contributed by atoms with Crippen LogP contribution < -0.4 is 4.90 Å². The third kappa shape index (κ3) is 3.40. The average molecular weight is 278 g/mol. The smallest absolute Gasteiger partial charge is 0.101 e. The van der Waals surface area contributed by atoms with Gasteiger partial charge in [0.2, 0.25) is 0 Å². The summed E-state index contributed by atoms with van der Waals surface area (Å²) in [6.07, 6.45) is 3.61. The maximum absolute atomic E-state index is 8.91. The molecule has 1 saturated heterocycles. The molecule has 0 aromatic heterocycles. The van der Waals surface area contributed by atoms with Crippen molar-refractivity contribution in [1.29, 1.82) is 5.26 Å². The second-order valence-corrected chi connectivity index (χ2v) is 5.72. The molecule has 0 N–H and O–H groups in total. The van der Waals surface area contributed by atoms with Crippen molar-refractivity contribution < 1.29 is 0 Å². The van der Waals surface area contributed by atoms with Crippen molar-refractivity contribution in [3.05, 3.63) is 28.8 Å². The first kappa shape index (κ1) is 14.2. The highest BCUT2D eigenvalue weighted by Crippen LogP contribution is 2.26. The minimum Gasteiger partial charge on any atom is -0.371 e. The van der Waals surface area contributed by atoms with Crippen molar-refractivity contribution in [3.63, 3.8) is 0 Å². The Kier molecular flexibility index (Phi) is 4.68. The number of nitrogens with zero attached hydrogens (tertiary/aromatic N) is 3. The van der Waals surface area contributed by atoms with Gasteiger partial charge in [-0.1, -0.05) is 11.6 Å². The molecule has 0 amide bonds. The summed E-state index contributed by atoms with van der Waals surface area (Å²) >= 11 is 6.11. The molecule has 1 heterocycles. The number of halogens is 1. The Hall–Kier alpha value is -1.24. The number of anilines is 1. The van der Waals surface area contributed by atoms with Crippen molar-refractivity contribution in [2.24, 2.45) is 0 Å². The van der Waals surface area contributed by atoms with Gasteiger partial charge < -0.3 is 9.80 Å². The quantitative estimate of drug-likeness (QED) is 0.832. The SMILES string of the molecule is CN(C)[C@H]1CCCN(c2ccc(C#N)c(Cl)c2)CC1. The minimum atomic E-state index is 0.548. The molecule has 2 rings (SSSR count). The van der Waals surface area contributed by atoms with Gasteiger partial charge >= 0.3 is 0 Å². The molecule has 0 bridgehead atoms. The van der Waals surface area contributed by atoms with Gasteiger partial charge in [0.1, 0.15) is 6.07 Å².